The van der Waals surface area contributed by atoms with Crippen molar-refractivity contribution in [2.24, 2.45) is 11.8 Å². The Hall–Kier alpha value is -3.49. The monoisotopic (exact) mass is 530 g/mol. The van der Waals surface area contributed by atoms with Crippen molar-refractivity contribution < 1.29 is 19.5 Å². The molecule has 2 N–H and O–H groups in total. The number of benzene rings is 3. The Labute approximate surface area is 224 Å². The van der Waals surface area contributed by atoms with Gasteiger partial charge in [-0.2, -0.15) is 0 Å². The molecule has 8 heteroatoms. The molecule has 5 rings (SSSR count). The van der Waals surface area contributed by atoms with E-state index in [2.05, 4.69) is 5.32 Å². The molecule has 2 amide bonds. The molecule has 1 aliphatic carbocycles. The van der Waals surface area contributed by atoms with Crippen molar-refractivity contribution in [2.75, 3.05) is 10.2 Å². The van der Waals surface area contributed by atoms with Crippen LogP contribution in [0.25, 0.3) is 0 Å². The molecule has 2 aliphatic rings. The normalized spacial score (nSPS) is 18.9. The SMILES string of the molecule is CC(Sc1ccc(NC(=O)C2CC=CCC2C(=O)O)cc1)C(=O)N1c2ccccc2Sc2ccccc21. The molecule has 0 saturated heterocycles. The summed E-state index contributed by atoms with van der Waals surface area (Å²) in [4.78, 5) is 42.8. The number of fused-ring (bicyclic) bond motifs is 2. The third-order valence-electron chi connectivity index (χ3n) is 6.52. The second-order valence-corrected chi connectivity index (χ2v) is 11.5. The largest absolute Gasteiger partial charge is 0.481 e. The first-order valence-electron chi connectivity index (χ1n) is 12.1. The number of carboxylic acids is 1. The van der Waals surface area contributed by atoms with Gasteiger partial charge in [0.05, 0.1) is 28.5 Å². The average Bonchev–Trinajstić information content (AvgIpc) is 2.92. The molecule has 3 aromatic rings. The van der Waals surface area contributed by atoms with E-state index in [-0.39, 0.29) is 17.1 Å². The maximum Gasteiger partial charge on any atom is 0.307 e. The number of allylic oxidation sites excluding steroid dienone is 2. The minimum atomic E-state index is -0.951. The molecular weight excluding hydrogens is 504 g/mol. The van der Waals surface area contributed by atoms with Gasteiger partial charge in [0.15, 0.2) is 0 Å². The van der Waals surface area contributed by atoms with E-state index in [9.17, 15) is 19.5 Å². The summed E-state index contributed by atoms with van der Waals surface area (Å²) in [6.07, 6.45) is 4.45. The molecule has 3 atom stereocenters. The Morgan fingerprint density at radius 1 is 0.892 bits per heavy atom. The van der Waals surface area contributed by atoms with Crippen LogP contribution in [0.3, 0.4) is 0 Å². The third kappa shape index (κ3) is 5.31. The van der Waals surface area contributed by atoms with E-state index >= 15 is 0 Å². The minimum absolute atomic E-state index is 0.00681. The van der Waals surface area contributed by atoms with E-state index in [1.54, 1.807) is 23.9 Å². The average molecular weight is 531 g/mol. The van der Waals surface area contributed by atoms with Gasteiger partial charge in [-0.05, 0) is 68.3 Å². The number of thioether (sulfide) groups is 1. The highest BCUT2D eigenvalue weighted by Gasteiger charge is 2.34. The van der Waals surface area contributed by atoms with Crippen LogP contribution in [0, 0.1) is 11.8 Å². The van der Waals surface area contributed by atoms with E-state index in [0.717, 1.165) is 26.1 Å². The lowest BCUT2D eigenvalue weighted by molar-refractivity contribution is -0.146. The van der Waals surface area contributed by atoms with Crippen molar-refractivity contribution >= 4 is 58.4 Å². The molecular formula is C29H26N2O4S2. The number of aliphatic carboxylic acids is 1. The number of nitrogens with zero attached hydrogens (tertiary/aromatic N) is 1. The fourth-order valence-corrected chi connectivity index (χ4v) is 6.57. The second kappa shape index (κ2) is 10.9. The summed E-state index contributed by atoms with van der Waals surface area (Å²) < 4.78 is 0. The van der Waals surface area contributed by atoms with Crippen LogP contribution in [0.4, 0.5) is 17.1 Å². The molecule has 0 spiro atoms. The van der Waals surface area contributed by atoms with Crippen molar-refractivity contribution in [3.05, 3.63) is 84.9 Å². The lowest BCUT2D eigenvalue weighted by Gasteiger charge is -2.32. The van der Waals surface area contributed by atoms with Crippen molar-refractivity contribution in [2.45, 2.75) is 39.7 Å². The fourth-order valence-electron chi connectivity index (χ4n) is 4.61. The van der Waals surface area contributed by atoms with Crippen LogP contribution >= 0.6 is 23.5 Å². The summed E-state index contributed by atoms with van der Waals surface area (Å²) in [5.41, 5.74) is 2.38. The topological polar surface area (TPSA) is 86.7 Å². The van der Waals surface area contributed by atoms with Gasteiger partial charge >= 0.3 is 5.97 Å². The molecule has 188 valence electrons. The molecule has 0 radical (unpaired) electrons. The van der Waals surface area contributed by atoms with Gasteiger partial charge in [0.2, 0.25) is 11.8 Å². The van der Waals surface area contributed by atoms with Crippen LogP contribution in [0.5, 0.6) is 0 Å². The minimum Gasteiger partial charge on any atom is -0.481 e. The zero-order valence-electron chi connectivity index (χ0n) is 20.2. The van der Waals surface area contributed by atoms with Crippen molar-refractivity contribution in [3.8, 4) is 0 Å². The summed E-state index contributed by atoms with van der Waals surface area (Å²) in [6, 6.07) is 23.2. The molecule has 1 aliphatic heterocycles. The Balaban J connectivity index is 1.27. The van der Waals surface area contributed by atoms with Gasteiger partial charge in [-0.15, -0.1) is 11.8 Å². The number of hydrogen-bond acceptors (Lipinski definition) is 5. The van der Waals surface area contributed by atoms with E-state index in [1.807, 2.05) is 84.6 Å². The van der Waals surface area contributed by atoms with Gasteiger partial charge in [-0.1, -0.05) is 48.2 Å². The number of anilines is 3. The number of para-hydroxylation sites is 2. The molecule has 1 heterocycles. The molecule has 0 bridgehead atoms. The molecule has 6 nitrogen and oxygen atoms in total. The summed E-state index contributed by atoms with van der Waals surface area (Å²) in [6.45, 7) is 1.90. The molecule has 3 aromatic carbocycles. The molecule has 0 fully saturated rings. The van der Waals surface area contributed by atoms with Crippen LogP contribution in [-0.2, 0) is 14.4 Å². The van der Waals surface area contributed by atoms with Crippen LogP contribution in [0.15, 0.2) is 99.6 Å². The molecule has 3 unspecified atom stereocenters. The fraction of sp³-hybridized carbons (Fsp3) is 0.207. The summed E-state index contributed by atoms with van der Waals surface area (Å²) in [5.74, 6) is -2.56. The first kappa shape index (κ1) is 25.2. The smallest absolute Gasteiger partial charge is 0.307 e. The van der Waals surface area contributed by atoms with Gasteiger partial charge < -0.3 is 10.4 Å². The van der Waals surface area contributed by atoms with Crippen molar-refractivity contribution in [3.63, 3.8) is 0 Å². The quantitative estimate of drug-likeness (QED) is 0.276. The van der Waals surface area contributed by atoms with Crippen LogP contribution in [0.2, 0.25) is 0 Å². The highest BCUT2D eigenvalue weighted by atomic mass is 32.2. The van der Waals surface area contributed by atoms with Gasteiger partial charge in [0.25, 0.3) is 0 Å². The maximum absolute atomic E-state index is 13.7. The molecule has 0 saturated carbocycles. The van der Waals surface area contributed by atoms with E-state index in [1.165, 1.54) is 11.8 Å². The summed E-state index contributed by atoms with van der Waals surface area (Å²) in [5, 5.41) is 11.9. The number of rotatable bonds is 6. The first-order valence-corrected chi connectivity index (χ1v) is 13.8. The Kier molecular flexibility index (Phi) is 7.39. The van der Waals surface area contributed by atoms with Gasteiger partial charge in [0.1, 0.15) is 0 Å². The van der Waals surface area contributed by atoms with Crippen LogP contribution < -0.4 is 10.2 Å². The highest BCUT2D eigenvalue weighted by molar-refractivity contribution is 8.00. The highest BCUT2D eigenvalue weighted by Crippen LogP contribution is 2.48. The summed E-state index contributed by atoms with van der Waals surface area (Å²) >= 11 is 3.12. The predicted molar refractivity (Wildman–Crippen MR) is 148 cm³/mol. The number of carboxylic acid groups (broad SMARTS) is 1. The number of carbonyl (C=O) groups excluding carboxylic acids is 2. The number of carbonyl (C=O) groups is 3. The Bertz CT molecular complexity index is 1330. The Morgan fingerprint density at radius 3 is 2.05 bits per heavy atom. The Morgan fingerprint density at radius 2 is 1.46 bits per heavy atom. The number of nitrogens with one attached hydrogen (secondary N) is 1. The van der Waals surface area contributed by atoms with Crippen LogP contribution in [-0.4, -0.2) is 28.1 Å². The van der Waals surface area contributed by atoms with Gasteiger partial charge in [-0.3, -0.25) is 19.3 Å². The molecule has 0 aromatic heterocycles. The standard InChI is InChI=1S/C29H26N2O4S2/c1-18(28(33)31-23-10-4-6-12-25(23)37-26-13-7-5-11-24(26)31)36-20-16-14-19(15-17-20)30-27(32)21-8-2-3-9-22(21)29(34)35/h2-7,10-18,21-22H,8-9H2,1H3,(H,30,32)(H,34,35). The van der Waals surface area contributed by atoms with E-state index in [4.69, 9.17) is 0 Å². The number of amides is 2. The second-order valence-electron chi connectivity index (χ2n) is 8.98. The zero-order valence-corrected chi connectivity index (χ0v) is 21.8. The molecule has 37 heavy (non-hydrogen) atoms. The predicted octanol–water partition coefficient (Wildman–Crippen LogP) is 6.60. The van der Waals surface area contributed by atoms with Crippen LogP contribution in [0.1, 0.15) is 19.8 Å². The maximum atomic E-state index is 13.7. The third-order valence-corrected chi connectivity index (χ3v) is 8.75. The summed E-state index contributed by atoms with van der Waals surface area (Å²) in [7, 11) is 0. The van der Waals surface area contributed by atoms with Gasteiger partial charge in [0, 0.05) is 20.4 Å². The van der Waals surface area contributed by atoms with E-state index < -0.39 is 17.8 Å². The van der Waals surface area contributed by atoms with Crippen molar-refractivity contribution in [1.29, 1.82) is 0 Å². The van der Waals surface area contributed by atoms with E-state index in [0.29, 0.717) is 18.5 Å². The zero-order chi connectivity index (χ0) is 25.9. The first-order chi connectivity index (χ1) is 17.9. The number of hydrogen-bond donors (Lipinski definition) is 2. The van der Waals surface area contributed by atoms with Crippen molar-refractivity contribution in [1.82, 2.24) is 0 Å². The lowest BCUT2D eigenvalue weighted by Crippen LogP contribution is -2.34. The van der Waals surface area contributed by atoms with Gasteiger partial charge in [-0.25, -0.2) is 0 Å². The lowest BCUT2D eigenvalue weighted by atomic mass is 9.82.